The molecule has 0 N–H and O–H groups in total. The molecule has 0 aromatic carbocycles. The largest absolute Gasteiger partial charge is 0.465 e. The van der Waals surface area contributed by atoms with Crippen molar-refractivity contribution in [3.05, 3.63) is 0 Å². The van der Waals surface area contributed by atoms with Gasteiger partial charge in [0.15, 0.2) is 0 Å². The predicted molar refractivity (Wildman–Crippen MR) is 146 cm³/mol. The second-order valence-electron chi connectivity index (χ2n) is 10.8. The lowest BCUT2D eigenvalue weighted by molar-refractivity contribution is -0.163. The minimum atomic E-state index is -0.303. The van der Waals surface area contributed by atoms with Crippen LogP contribution in [0.4, 0.5) is 0 Å². The molecule has 1 fully saturated rings. The maximum absolute atomic E-state index is 12.7. The minimum Gasteiger partial charge on any atom is -0.465 e. The number of ether oxygens (including phenoxy) is 2. The third kappa shape index (κ3) is 17.1. The van der Waals surface area contributed by atoms with Gasteiger partial charge in [0, 0.05) is 0 Å². The highest BCUT2D eigenvalue weighted by Crippen LogP contribution is 2.32. The monoisotopic (exact) mass is 494 g/mol. The molecule has 0 aliphatic heterocycles. The summed E-state index contributed by atoms with van der Waals surface area (Å²) in [7, 11) is 0. The first kappa shape index (κ1) is 32.0. The topological polar surface area (TPSA) is 52.6 Å². The van der Waals surface area contributed by atoms with Crippen LogP contribution in [0.25, 0.3) is 0 Å². The number of carbonyl (C=O) groups excluding carboxylic acids is 2. The lowest BCUT2D eigenvalue weighted by Gasteiger charge is -2.28. The number of unbranched alkanes of at least 4 members (excludes halogenated alkanes) is 17. The molecule has 1 aliphatic carbocycles. The summed E-state index contributed by atoms with van der Waals surface area (Å²) < 4.78 is 11.2. The van der Waals surface area contributed by atoms with E-state index in [0.29, 0.717) is 13.2 Å². The molecule has 1 rings (SSSR count). The number of rotatable bonds is 23. The standard InChI is InChI=1S/C31H58O4/c1-3-5-7-9-11-13-15-17-19-23-27-35-31(33)29-25-21-20-24-28(29)30(32)34-26-22-18-16-14-12-10-8-6-4-2/h28-29H,3-27H2,1-2H3. The van der Waals surface area contributed by atoms with Gasteiger partial charge in [-0.15, -0.1) is 0 Å². The van der Waals surface area contributed by atoms with Crippen LogP contribution in [0.15, 0.2) is 0 Å². The molecule has 0 radical (unpaired) electrons. The summed E-state index contributed by atoms with van der Waals surface area (Å²) in [5.74, 6) is -0.958. The van der Waals surface area contributed by atoms with E-state index in [-0.39, 0.29) is 23.8 Å². The van der Waals surface area contributed by atoms with Gasteiger partial charge in [0.05, 0.1) is 25.0 Å². The average molecular weight is 495 g/mol. The van der Waals surface area contributed by atoms with Crippen LogP contribution in [0, 0.1) is 11.8 Å². The Bertz CT molecular complexity index is 504. The number of carbonyl (C=O) groups is 2. The molecule has 1 saturated carbocycles. The highest BCUT2D eigenvalue weighted by Gasteiger charge is 2.37. The maximum atomic E-state index is 12.7. The molecule has 0 aromatic rings. The van der Waals surface area contributed by atoms with Gasteiger partial charge in [-0.1, -0.05) is 136 Å². The molecule has 0 aromatic heterocycles. The SMILES string of the molecule is CCCCCCCCCCCCOC(=O)C1CCCCC1C(=O)OCCCCCCCCCCC. The second kappa shape index (κ2) is 23.3. The average Bonchev–Trinajstić information content (AvgIpc) is 2.88. The van der Waals surface area contributed by atoms with Crippen LogP contribution >= 0.6 is 0 Å². The smallest absolute Gasteiger partial charge is 0.309 e. The Morgan fingerprint density at radius 2 is 0.771 bits per heavy atom. The van der Waals surface area contributed by atoms with E-state index in [0.717, 1.165) is 51.4 Å². The Labute approximate surface area is 217 Å². The Morgan fingerprint density at radius 1 is 0.486 bits per heavy atom. The summed E-state index contributed by atoms with van der Waals surface area (Å²) in [5, 5.41) is 0. The Morgan fingerprint density at radius 3 is 1.09 bits per heavy atom. The molecule has 2 unspecified atom stereocenters. The first-order valence-corrected chi connectivity index (χ1v) is 15.5. The molecule has 35 heavy (non-hydrogen) atoms. The van der Waals surface area contributed by atoms with Crippen molar-refractivity contribution in [2.24, 2.45) is 11.8 Å². The van der Waals surface area contributed by atoms with Gasteiger partial charge in [-0.2, -0.15) is 0 Å². The van der Waals surface area contributed by atoms with Crippen LogP contribution in [0.2, 0.25) is 0 Å². The fraction of sp³-hybridized carbons (Fsp3) is 0.935. The van der Waals surface area contributed by atoms with Crippen LogP contribution in [0.3, 0.4) is 0 Å². The van der Waals surface area contributed by atoms with Crippen molar-refractivity contribution in [1.82, 2.24) is 0 Å². The van der Waals surface area contributed by atoms with Crippen molar-refractivity contribution in [2.45, 2.75) is 162 Å². The molecule has 2 atom stereocenters. The first-order valence-electron chi connectivity index (χ1n) is 15.5. The van der Waals surface area contributed by atoms with Gasteiger partial charge >= 0.3 is 11.9 Å². The number of hydrogen-bond acceptors (Lipinski definition) is 4. The van der Waals surface area contributed by atoms with E-state index in [9.17, 15) is 9.59 Å². The van der Waals surface area contributed by atoms with E-state index < -0.39 is 0 Å². The van der Waals surface area contributed by atoms with Gasteiger partial charge in [0.25, 0.3) is 0 Å². The lowest BCUT2D eigenvalue weighted by atomic mass is 9.79. The van der Waals surface area contributed by atoms with Crippen molar-refractivity contribution in [2.75, 3.05) is 13.2 Å². The van der Waals surface area contributed by atoms with Crippen molar-refractivity contribution in [3.63, 3.8) is 0 Å². The summed E-state index contributed by atoms with van der Waals surface area (Å²) in [6.45, 7) is 5.49. The van der Waals surface area contributed by atoms with E-state index in [1.807, 2.05) is 0 Å². The van der Waals surface area contributed by atoms with Crippen LogP contribution < -0.4 is 0 Å². The fourth-order valence-electron chi connectivity index (χ4n) is 5.26. The van der Waals surface area contributed by atoms with E-state index in [4.69, 9.17) is 9.47 Å². The molecular formula is C31H58O4. The van der Waals surface area contributed by atoms with Gasteiger partial charge in [0.2, 0.25) is 0 Å². The molecule has 1 aliphatic rings. The Hall–Kier alpha value is -1.06. The summed E-state index contributed by atoms with van der Waals surface area (Å²) in [6, 6.07) is 0. The van der Waals surface area contributed by atoms with Crippen molar-refractivity contribution < 1.29 is 19.1 Å². The summed E-state index contributed by atoms with van der Waals surface area (Å²) >= 11 is 0. The molecule has 0 saturated heterocycles. The van der Waals surface area contributed by atoms with Gasteiger partial charge in [-0.05, 0) is 25.7 Å². The molecule has 0 bridgehead atoms. The summed E-state index contributed by atoms with van der Waals surface area (Å²) in [6.07, 6.45) is 27.4. The maximum Gasteiger partial charge on any atom is 0.309 e. The van der Waals surface area contributed by atoms with E-state index in [1.165, 1.54) is 96.3 Å². The van der Waals surface area contributed by atoms with Crippen molar-refractivity contribution in [3.8, 4) is 0 Å². The number of esters is 2. The van der Waals surface area contributed by atoms with E-state index in [1.54, 1.807) is 0 Å². The highest BCUT2D eigenvalue weighted by atomic mass is 16.5. The Balaban J connectivity index is 2.09. The van der Waals surface area contributed by atoms with Crippen LogP contribution in [0.5, 0.6) is 0 Å². The first-order chi connectivity index (χ1) is 17.2. The zero-order chi connectivity index (χ0) is 25.4. The van der Waals surface area contributed by atoms with Gasteiger partial charge < -0.3 is 9.47 Å². The summed E-state index contributed by atoms with van der Waals surface area (Å²) in [4.78, 5) is 25.4. The summed E-state index contributed by atoms with van der Waals surface area (Å²) in [5.41, 5.74) is 0. The van der Waals surface area contributed by atoms with Crippen LogP contribution in [0.1, 0.15) is 162 Å². The van der Waals surface area contributed by atoms with Crippen LogP contribution in [-0.2, 0) is 19.1 Å². The molecule has 4 nitrogen and oxygen atoms in total. The van der Waals surface area contributed by atoms with Crippen molar-refractivity contribution >= 4 is 11.9 Å². The molecule has 0 heterocycles. The zero-order valence-electron chi connectivity index (χ0n) is 23.5. The van der Waals surface area contributed by atoms with Gasteiger partial charge in [-0.25, -0.2) is 0 Å². The van der Waals surface area contributed by atoms with E-state index >= 15 is 0 Å². The van der Waals surface area contributed by atoms with Crippen LogP contribution in [-0.4, -0.2) is 25.2 Å². The molecular weight excluding hydrogens is 436 g/mol. The van der Waals surface area contributed by atoms with Gasteiger partial charge in [-0.3, -0.25) is 9.59 Å². The minimum absolute atomic E-state index is 0.175. The van der Waals surface area contributed by atoms with E-state index in [2.05, 4.69) is 13.8 Å². The third-order valence-electron chi connectivity index (χ3n) is 7.61. The molecule has 0 spiro atoms. The predicted octanol–water partition coefficient (Wildman–Crippen LogP) is 9.33. The second-order valence-corrected chi connectivity index (χ2v) is 10.8. The van der Waals surface area contributed by atoms with Gasteiger partial charge in [0.1, 0.15) is 0 Å². The lowest BCUT2D eigenvalue weighted by Crippen LogP contribution is -2.35. The third-order valence-corrected chi connectivity index (χ3v) is 7.61. The highest BCUT2D eigenvalue weighted by molar-refractivity contribution is 5.82. The quantitative estimate of drug-likeness (QED) is 0.105. The molecule has 206 valence electrons. The molecule has 0 amide bonds. The zero-order valence-corrected chi connectivity index (χ0v) is 23.5. The molecule has 4 heteroatoms. The normalized spacial score (nSPS) is 17.9. The fourth-order valence-corrected chi connectivity index (χ4v) is 5.26. The van der Waals surface area contributed by atoms with Crippen molar-refractivity contribution in [1.29, 1.82) is 0 Å². The Kier molecular flexibility index (Phi) is 21.3. The number of hydrogen-bond donors (Lipinski definition) is 0.